The SMILES string of the molecule is COc1cc(Oc2ncnc(Cl)c2C)cc(OC)c1OC. The Hall–Kier alpha value is -2.21. The Bertz CT molecular complexity index is 624. The summed E-state index contributed by atoms with van der Waals surface area (Å²) in [5, 5.41) is 0.340. The summed E-state index contributed by atoms with van der Waals surface area (Å²) in [6, 6.07) is 3.35. The maximum absolute atomic E-state index is 5.94. The fourth-order valence-electron chi connectivity index (χ4n) is 1.74. The predicted octanol–water partition coefficient (Wildman–Crippen LogP) is 3.26. The first-order chi connectivity index (χ1) is 10.1. The summed E-state index contributed by atoms with van der Waals surface area (Å²) in [7, 11) is 4.61. The van der Waals surface area contributed by atoms with E-state index in [4.69, 9.17) is 30.5 Å². The monoisotopic (exact) mass is 310 g/mol. The normalized spacial score (nSPS) is 10.1. The number of hydrogen-bond acceptors (Lipinski definition) is 6. The maximum Gasteiger partial charge on any atom is 0.226 e. The molecule has 0 aliphatic rings. The molecule has 2 aromatic rings. The van der Waals surface area contributed by atoms with Gasteiger partial charge in [0.05, 0.1) is 21.3 Å². The van der Waals surface area contributed by atoms with Gasteiger partial charge < -0.3 is 18.9 Å². The van der Waals surface area contributed by atoms with Crippen molar-refractivity contribution in [3.8, 4) is 28.9 Å². The molecular weight excluding hydrogens is 296 g/mol. The van der Waals surface area contributed by atoms with E-state index in [1.165, 1.54) is 27.7 Å². The van der Waals surface area contributed by atoms with E-state index in [-0.39, 0.29) is 0 Å². The van der Waals surface area contributed by atoms with E-state index in [1.807, 2.05) is 0 Å². The van der Waals surface area contributed by atoms with Crippen LogP contribution in [-0.2, 0) is 0 Å². The minimum absolute atomic E-state index is 0.340. The van der Waals surface area contributed by atoms with Gasteiger partial charge in [-0.3, -0.25) is 0 Å². The van der Waals surface area contributed by atoms with Crippen LogP contribution in [0.1, 0.15) is 5.56 Å². The van der Waals surface area contributed by atoms with Crippen molar-refractivity contribution >= 4 is 11.6 Å². The van der Waals surface area contributed by atoms with Crippen LogP contribution in [0.5, 0.6) is 28.9 Å². The molecule has 112 valence electrons. The molecule has 0 N–H and O–H groups in total. The fourth-order valence-corrected chi connectivity index (χ4v) is 1.87. The van der Waals surface area contributed by atoms with Crippen molar-refractivity contribution in [2.24, 2.45) is 0 Å². The van der Waals surface area contributed by atoms with E-state index in [0.29, 0.717) is 39.6 Å². The highest BCUT2D eigenvalue weighted by molar-refractivity contribution is 6.30. The van der Waals surface area contributed by atoms with Gasteiger partial charge in [-0.05, 0) is 6.92 Å². The maximum atomic E-state index is 5.94. The summed E-state index contributed by atoms with van der Waals surface area (Å²) >= 11 is 5.94. The first-order valence-electron chi connectivity index (χ1n) is 6.05. The molecule has 1 aromatic carbocycles. The van der Waals surface area contributed by atoms with Gasteiger partial charge in [-0.2, -0.15) is 0 Å². The number of aromatic nitrogens is 2. The van der Waals surface area contributed by atoms with Gasteiger partial charge in [-0.15, -0.1) is 0 Å². The highest BCUT2D eigenvalue weighted by atomic mass is 35.5. The molecule has 0 saturated heterocycles. The lowest BCUT2D eigenvalue weighted by Gasteiger charge is -2.14. The Kier molecular flexibility index (Phi) is 4.70. The van der Waals surface area contributed by atoms with Crippen molar-refractivity contribution in [1.29, 1.82) is 0 Å². The van der Waals surface area contributed by atoms with Crippen molar-refractivity contribution < 1.29 is 18.9 Å². The molecule has 2 rings (SSSR count). The third kappa shape index (κ3) is 3.11. The van der Waals surface area contributed by atoms with Crippen LogP contribution < -0.4 is 18.9 Å². The van der Waals surface area contributed by atoms with Gasteiger partial charge >= 0.3 is 0 Å². The minimum Gasteiger partial charge on any atom is -0.493 e. The molecule has 6 nitrogen and oxygen atoms in total. The number of nitrogens with zero attached hydrogens (tertiary/aromatic N) is 2. The summed E-state index contributed by atoms with van der Waals surface area (Å²) < 4.78 is 21.5. The third-order valence-electron chi connectivity index (χ3n) is 2.83. The van der Waals surface area contributed by atoms with Crippen molar-refractivity contribution in [2.75, 3.05) is 21.3 Å². The Balaban J connectivity index is 2.43. The fraction of sp³-hybridized carbons (Fsp3) is 0.286. The second kappa shape index (κ2) is 6.49. The largest absolute Gasteiger partial charge is 0.493 e. The van der Waals surface area contributed by atoms with E-state index < -0.39 is 0 Å². The Morgan fingerprint density at radius 2 is 1.57 bits per heavy atom. The molecule has 1 heterocycles. The van der Waals surface area contributed by atoms with E-state index >= 15 is 0 Å². The first kappa shape index (κ1) is 15.2. The van der Waals surface area contributed by atoms with Gasteiger partial charge in [0.25, 0.3) is 0 Å². The van der Waals surface area contributed by atoms with Crippen LogP contribution in [0.3, 0.4) is 0 Å². The van der Waals surface area contributed by atoms with Crippen molar-refractivity contribution in [2.45, 2.75) is 6.92 Å². The molecular formula is C14H15ClN2O4. The van der Waals surface area contributed by atoms with Gasteiger partial charge in [0.15, 0.2) is 11.5 Å². The van der Waals surface area contributed by atoms with Crippen LogP contribution >= 0.6 is 11.6 Å². The Morgan fingerprint density at radius 3 is 2.10 bits per heavy atom. The van der Waals surface area contributed by atoms with Gasteiger partial charge in [-0.1, -0.05) is 11.6 Å². The molecule has 0 fully saturated rings. The molecule has 0 amide bonds. The molecule has 0 atom stereocenters. The summed E-state index contributed by atoms with van der Waals surface area (Å²) in [6.45, 7) is 1.77. The summed E-state index contributed by atoms with van der Waals surface area (Å²) in [5.74, 6) is 2.32. The second-order valence-corrected chi connectivity index (χ2v) is 4.42. The standard InChI is InChI=1S/C14H15ClN2O4/c1-8-13(15)16-7-17-14(8)21-9-5-10(18-2)12(20-4)11(6-9)19-3/h5-7H,1-4H3. The van der Waals surface area contributed by atoms with Crippen LogP contribution in [0.2, 0.25) is 5.15 Å². The molecule has 0 aliphatic carbocycles. The van der Waals surface area contributed by atoms with Gasteiger partial charge in [0, 0.05) is 17.7 Å². The number of hydrogen-bond donors (Lipinski definition) is 0. The minimum atomic E-state index is 0.340. The number of benzene rings is 1. The van der Waals surface area contributed by atoms with Crippen LogP contribution in [-0.4, -0.2) is 31.3 Å². The van der Waals surface area contributed by atoms with E-state index in [2.05, 4.69) is 9.97 Å². The molecule has 21 heavy (non-hydrogen) atoms. The third-order valence-corrected chi connectivity index (χ3v) is 3.21. The summed E-state index contributed by atoms with van der Waals surface area (Å²) in [6.07, 6.45) is 1.34. The van der Waals surface area contributed by atoms with E-state index in [9.17, 15) is 0 Å². The zero-order chi connectivity index (χ0) is 15.4. The van der Waals surface area contributed by atoms with Crippen LogP contribution in [0, 0.1) is 6.92 Å². The lowest BCUT2D eigenvalue weighted by molar-refractivity contribution is 0.320. The number of methoxy groups -OCH3 is 3. The topological polar surface area (TPSA) is 62.7 Å². The van der Waals surface area contributed by atoms with Crippen LogP contribution in [0.4, 0.5) is 0 Å². The average molecular weight is 311 g/mol. The average Bonchev–Trinajstić information content (AvgIpc) is 2.50. The number of halogens is 1. The molecule has 0 radical (unpaired) electrons. The molecule has 7 heteroatoms. The lowest BCUT2D eigenvalue weighted by atomic mass is 10.2. The molecule has 0 bridgehead atoms. The Morgan fingerprint density at radius 1 is 0.952 bits per heavy atom. The first-order valence-corrected chi connectivity index (χ1v) is 6.43. The summed E-state index contributed by atoms with van der Waals surface area (Å²) in [5.41, 5.74) is 0.646. The van der Waals surface area contributed by atoms with Crippen molar-refractivity contribution in [3.63, 3.8) is 0 Å². The predicted molar refractivity (Wildman–Crippen MR) is 78.0 cm³/mol. The zero-order valence-electron chi connectivity index (χ0n) is 12.1. The van der Waals surface area contributed by atoms with Gasteiger partial charge in [0.1, 0.15) is 17.2 Å². The number of ether oxygens (including phenoxy) is 4. The van der Waals surface area contributed by atoms with Gasteiger partial charge in [0.2, 0.25) is 11.6 Å². The van der Waals surface area contributed by atoms with Crippen molar-refractivity contribution in [1.82, 2.24) is 9.97 Å². The summed E-state index contributed by atoms with van der Waals surface area (Å²) in [4.78, 5) is 7.94. The quantitative estimate of drug-likeness (QED) is 0.790. The van der Waals surface area contributed by atoms with Gasteiger partial charge in [-0.25, -0.2) is 9.97 Å². The second-order valence-electron chi connectivity index (χ2n) is 4.06. The lowest BCUT2D eigenvalue weighted by Crippen LogP contribution is -1.98. The van der Waals surface area contributed by atoms with E-state index in [1.54, 1.807) is 19.1 Å². The molecule has 0 unspecified atom stereocenters. The molecule has 0 saturated carbocycles. The van der Waals surface area contributed by atoms with E-state index in [0.717, 1.165) is 0 Å². The molecule has 0 aliphatic heterocycles. The zero-order valence-corrected chi connectivity index (χ0v) is 12.9. The van der Waals surface area contributed by atoms with Crippen LogP contribution in [0.25, 0.3) is 0 Å². The Labute approximate surface area is 127 Å². The van der Waals surface area contributed by atoms with Crippen molar-refractivity contribution in [3.05, 3.63) is 29.2 Å². The molecule has 0 spiro atoms. The van der Waals surface area contributed by atoms with Crippen LogP contribution in [0.15, 0.2) is 18.5 Å². The smallest absolute Gasteiger partial charge is 0.226 e. The highest BCUT2D eigenvalue weighted by Gasteiger charge is 2.15. The molecule has 1 aromatic heterocycles. The highest BCUT2D eigenvalue weighted by Crippen LogP contribution is 2.42. The number of rotatable bonds is 5.